The molecule has 1 aliphatic carbocycles. The first-order chi connectivity index (χ1) is 15.6. The van der Waals surface area contributed by atoms with Crippen LogP contribution in [0.4, 0.5) is 10.2 Å². The van der Waals surface area contributed by atoms with Gasteiger partial charge in [-0.2, -0.15) is 0 Å². The fourth-order valence-corrected chi connectivity index (χ4v) is 4.46. The number of hydrogen-bond donors (Lipinski definition) is 2. The highest BCUT2D eigenvalue weighted by atomic mass is 35.5. The molecule has 3 N–H and O–H groups in total. The van der Waals surface area contributed by atoms with E-state index in [0.717, 1.165) is 25.0 Å². The molecule has 2 heterocycles. The molecule has 0 aliphatic heterocycles. The minimum atomic E-state index is -0.787. The summed E-state index contributed by atoms with van der Waals surface area (Å²) in [7, 11) is 0. The number of imidazole rings is 1. The van der Waals surface area contributed by atoms with Crippen molar-refractivity contribution < 1.29 is 13.9 Å². The molecule has 0 bridgehead atoms. The molecule has 1 saturated carbocycles. The van der Waals surface area contributed by atoms with Gasteiger partial charge in [-0.3, -0.25) is 9.20 Å². The smallest absolute Gasteiger partial charge is 0.258 e. The number of carbonyl (C=O) groups excluding carboxylic acids is 1. The van der Waals surface area contributed by atoms with E-state index in [1.54, 1.807) is 12.4 Å². The molecule has 0 saturated heterocycles. The second-order valence-electron chi connectivity index (χ2n) is 9.03. The lowest BCUT2D eigenvalue weighted by atomic mass is 9.95. The summed E-state index contributed by atoms with van der Waals surface area (Å²) in [5.74, 6) is -0.480. The number of halogens is 2. The number of fused-ring (bicyclic) bond motifs is 1. The van der Waals surface area contributed by atoms with Crippen LogP contribution in [-0.4, -0.2) is 31.9 Å². The predicted molar refractivity (Wildman–Crippen MR) is 127 cm³/mol. The van der Waals surface area contributed by atoms with E-state index in [1.807, 2.05) is 39.0 Å². The Kier molecular flexibility index (Phi) is 5.99. The second kappa shape index (κ2) is 8.48. The Labute approximate surface area is 197 Å². The first-order valence-electron chi connectivity index (χ1n) is 11.2. The van der Waals surface area contributed by atoms with Gasteiger partial charge < -0.3 is 15.8 Å². The normalized spacial score (nSPS) is 15.6. The monoisotopic (exact) mass is 473 g/mol. The number of amides is 1. The van der Waals surface area contributed by atoms with E-state index >= 15 is 4.39 Å². The van der Waals surface area contributed by atoms with Gasteiger partial charge in [0.2, 0.25) is 0 Å². The average Bonchev–Trinajstić information content (AvgIpc) is 3.44. The van der Waals surface area contributed by atoms with Crippen LogP contribution in [-0.2, 0) is 0 Å². The number of nitrogens with two attached hydrogens (primary N) is 1. The van der Waals surface area contributed by atoms with E-state index in [4.69, 9.17) is 27.1 Å². The van der Waals surface area contributed by atoms with E-state index < -0.39 is 11.7 Å². The van der Waals surface area contributed by atoms with Gasteiger partial charge in [-0.15, -0.1) is 0 Å². The highest BCUT2D eigenvalue weighted by Gasteiger charge is 2.43. The van der Waals surface area contributed by atoms with Gasteiger partial charge in [-0.1, -0.05) is 25.4 Å². The molecule has 1 fully saturated rings. The summed E-state index contributed by atoms with van der Waals surface area (Å²) in [6.45, 7) is 9.44. The topological polar surface area (TPSA) is 94.5 Å². The maximum atomic E-state index is 15.3. The molecule has 0 spiro atoms. The molecule has 1 aliphatic rings. The molecule has 33 heavy (non-hydrogen) atoms. The zero-order valence-electron chi connectivity index (χ0n) is 19.5. The number of rotatable bonds is 7. The number of ether oxygens (including phenoxy) is 1. The minimum Gasteiger partial charge on any atom is -0.490 e. The number of nitrogens with one attached hydrogen (secondary N) is 1. The summed E-state index contributed by atoms with van der Waals surface area (Å²) in [6, 6.07) is 1.52. The summed E-state index contributed by atoms with van der Waals surface area (Å²) in [4.78, 5) is 22.1. The number of nitrogens with zero attached hydrogens (tertiary/aromatic N) is 3. The number of benzene rings is 1. The standard InChI is InChI=1S/C24H29ClFN5O2/c1-6-24(7-8-24)30-23(32)17-18(26)16(25)11-15(20(17)33-12(2)3)13(4)22-29-14(5)19-21(27)28-9-10-31(19)22/h9-13H,6-8H2,1-5H3,(H2,27,28)(H,30,32)/t13-/m0/s1. The van der Waals surface area contributed by atoms with Crippen LogP contribution in [0.15, 0.2) is 18.5 Å². The number of anilines is 1. The molecule has 9 heteroatoms. The molecule has 7 nitrogen and oxygen atoms in total. The van der Waals surface area contributed by atoms with Crippen LogP contribution in [0.3, 0.4) is 0 Å². The Morgan fingerprint density at radius 1 is 1.39 bits per heavy atom. The molecule has 2 aromatic heterocycles. The van der Waals surface area contributed by atoms with Crippen LogP contribution >= 0.6 is 11.6 Å². The summed E-state index contributed by atoms with van der Waals surface area (Å²) in [6.07, 6.45) is 5.60. The average molecular weight is 474 g/mol. The molecule has 3 aromatic rings. The molecule has 1 atom stereocenters. The van der Waals surface area contributed by atoms with Gasteiger partial charge in [0.25, 0.3) is 5.91 Å². The van der Waals surface area contributed by atoms with Gasteiger partial charge in [-0.25, -0.2) is 14.4 Å². The Hall–Kier alpha value is -2.87. The van der Waals surface area contributed by atoms with Crippen LogP contribution in [0.5, 0.6) is 5.75 Å². The maximum Gasteiger partial charge on any atom is 0.258 e. The third kappa shape index (κ3) is 4.12. The summed E-state index contributed by atoms with van der Waals surface area (Å²) < 4.78 is 23.2. The van der Waals surface area contributed by atoms with E-state index in [9.17, 15) is 4.79 Å². The lowest BCUT2D eigenvalue weighted by Gasteiger charge is -2.24. The molecule has 4 rings (SSSR count). The van der Waals surface area contributed by atoms with Crippen LogP contribution < -0.4 is 15.8 Å². The SMILES string of the molecule is CCC1(NC(=O)c2c(F)c(Cl)cc([C@H](C)c3nc(C)c4c(N)nccn34)c2OC(C)C)CC1. The Balaban J connectivity index is 1.89. The molecule has 0 radical (unpaired) electrons. The van der Waals surface area contributed by atoms with Crippen molar-refractivity contribution in [1.29, 1.82) is 0 Å². The van der Waals surface area contributed by atoms with Gasteiger partial charge in [0.1, 0.15) is 28.5 Å². The maximum absolute atomic E-state index is 15.3. The predicted octanol–water partition coefficient (Wildman–Crippen LogP) is 5.02. The lowest BCUT2D eigenvalue weighted by Crippen LogP contribution is -2.37. The lowest BCUT2D eigenvalue weighted by molar-refractivity contribution is 0.0919. The fraction of sp³-hybridized carbons (Fsp3) is 0.458. The number of hydrogen-bond acceptors (Lipinski definition) is 5. The van der Waals surface area contributed by atoms with Crippen molar-refractivity contribution in [1.82, 2.24) is 19.7 Å². The van der Waals surface area contributed by atoms with Crippen molar-refractivity contribution in [3.63, 3.8) is 0 Å². The van der Waals surface area contributed by atoms with Gasteiger partial charge >= 0.3 is 0 Å². The van der Waals surface area contributed by atoms with Gasteiger partial charge in [-0.05, 0) is 46.1 Å². The van der Waals surface area contributed by atoms with Crippen molar-refractivity contribution in [3.8, 4) is 5.75 Å². The highest BCUT2D eigenvalue weighted by molar-refractivity contribution is 6.31. The molecular formula is C24H29ClFN5O2. The van der Waals surface area contributed by atoms with Gasteiger partial charge in [0, 0.05) is 29.4 Å². The van der Waals surface area contributed by atoms with E-state index in [2.05, 4.69) is 10.3 Å². The van der Waals surface area contributed by atoms with Gasteiger partial charge in [0.15, 0.2) is 5.82 Å². The molecule has 0 unspecified atom stereocenters. The van der Waals surface area contributed by atoms with Crippen LogP contribution in [0.25, 0.3) is 5.52 Å². The number of aromatic nitrogens is 3. The first-order valence-corrected chi connectivity index (χ1v) is 11.6. The van der Waals surface area contributed by atoms with Crippen LogP contribution in [0.2, 0.25) is 5.02 Å². The Morgan fingerprint density at radius 3 is 2.70 bits per heavy atom. The van der Waals surface area contributed by atoms with Crippen molar-refractivity contribution in [2.45, 2.75) is 71.4 Å². The Bertz CT molecular complexity index is 1240. The van der Waals surface area contributed by atoms with Crippen molar-refractivity contribution >= 4 is 28.8 Å². The quantitative estimate of drug-likeness (QED) is 0.502. The first kappa shape index (κ1) is 23.3. The minimum absolute atomic E-state index is 0.141. The van der Waals surface area contributed by atoms with Crippen LogP contribution in [0, 0.1) is 12.7 Å². The number of nitrogen functional groups attached to an aromatic ring is 1. The summed E-state index contributed by atoms with van der Waals surface area (Å²) >= 11 is 6.30. The van der Waals surface area contributed by atoms with E-state index in [1.165, 1.54) is 6.07 Å². The zero-order chi connectivity index (χ0) is 24.1. The molecule has 1 aromatic carbocycles. The molecular weight excluding hydrogens is 445 g/mol. The second-order valence-corrected chi connectivity index (χ2v) is 9.44. The van der Waals surface area contributed by atoms with Crippen molar-refractivity contribution in [2.75, 3.05) is 5.73 Å². The summed E-state index contributed by atoms with van der Waals surface area (Å²) in [5.41, 5.74) is 7.61. The number of aryl methyl sites for hydroxylation is 1. The van der Waals surface area contributed by atoms with Crippen LogP contribution in [0.1, 0.15) is 80.3 Å². The third-order valence-electron chi connectivity index (χ3n) is 6.33. The third-order valence-corrected chi connectivity index (χ3v) is 6.60. The largest absolute Gasteiger partial charge is 0.490 e. The number of carbonyl (C=O) groups is 1. The zero-order valence-corrected chi connectivity index (χ0v) is 20.3. The highest BCUT2D eigenvalue weighted by Crippen LogP contribution is 2.42. The molecule has 176 valence electrons. The fourth-order valence-electron chi connectivity index (χ4n) is 4.25. The molecule has 1 amide bonds. The van der Waals surface area contributed by atoms with Gasteiger partial charge in [0.05, 0.1) is 16.8 Å². The van der Waals surface area contributed by atoms with Crippen molar-refractivity contribution in [3.05, 3.63) is 51.9 Å². The Morgan fingerprint density at radius 2 is 2.09 bits per heavy atom. The summed E-state index contributed by atoms with van der Waals surface area (Å²) in [5, 5.41) is 2.86. The van der Waals surface area contributed by atoms with Crippen molar-refractivity contribution in [2.24, 2.45) is 0 Å². The van der Waals surface area contributed by atoms with E-state index in [-0.39, 0.29) is 33.9 Å². The van der Waals surface area contributed by atoms with E-state index in [0.29, 0.717) is 22.7 Å².